The first-order valence-electron chi connectivity index (χ1n) is 8.29. The van der Waals surface area contributed by atoms with Crippen molar-refractivity contribution < 1.29 is 9.59 Å². The molecule has 26 heavy (non-hydrogen) atoms. The molecule has 0 saturated carbocycles. The van der Waals surface area contributed by atoms with Crippen molar-refractivity contribution in [3.63, 3.8) is 0 Å². The lowest BCUT2D eigenvalue weighted by molar-refractivity contribution is -0.122. The van der Waals surface area contributed by atoms with Crippen LogP contribution >= 0.6 is 24.0 Å². The van der Waals surface area contributed by atoms with E-state index in [1.807, 2.05) is 66.7 Å². The van der Waals surface area contributed by atoms with E-state index in [2.05, 4.69) is 5.32 Å². The second-order valence-corrected chi connectivity index (χ2v) is 7.44. The number of anilines is 1. The van der Waals surface area contributed by atoms with Crippen molar-refractivity contribution in [2.75, 3.05) is 11.9 Å². The van der Waals surface area contributed by atoms with Gasteiger partial charge in [-0.15, -0.1) is 0 Å². The van der Waals surface area contributed by atoms with E-state index in [-0.39, 0.29) is 11.8 Å². The van der Waals surface area contributed by atoms with Crippen molar-refractivity contribution in [1.29, 1.82) is 0 Å². The molecule has 0 radical (unpaired) electrons. The number of hydrogen-bond acceptors (Lipinski definition) is 4. The lowest BCUT2D eigenvalue weighted by Crippen LogP contribution is -2.29. The van der Waals surface area contributed by atoms with E-state index in [0.717, 1.165) is 11.3 Å². The van der Waals surface area contributed by atoms with Crippen molar-refractivity contribution in [3.05, 3.63) is 71.1 Å². The zero-order valence-electron chi connectivity index (χ0n) is 14.1. The summed E-state index contributed by atoms with van der Waals surface area (Å²) in [6, 6.07) is 19.0. The predicted molar refractivity (Wildman–Crippen MR) is 111 cm³/mol. The highest BCUT2D eigenvalue weighted by atomic mass is 32.2. The standard InChI is InChI=1S/C20H18N2O2S2/c23-18(21-16-10-5-2-6-11-16)12-7-13-22-19(24)17(26-20(22)25)14-15-8-3-1-4-9-15/h1-6,8-11,14H,7,12-13H2,(H,21,23). The third-order valence-electron chi connectivity index (χ3n) is 3.81. The molecule has 0 aromatic heterocycles. The zero-order valence-corrected chi connectivity index (χ0v) is 15.7. The number of nitrogens with one attached hydrogen (secondary N) is 1. The summed E-state index contributed by atoms with van der Waals surface area (Å²) in [4.78, 5) is 26.7. The van der Waals surface area contributed by atoms with Gasteiger partial charge in [-0.05, 0) is 30.2 Å². The Hall–Kier alpha value is -2.44. The summed E-state index contributed by atoms with van der Waals surface area (Å²) in [7, 11) is 0. The van der Waals surface area contributed by atoms with Crippen LogP contribution in [0.2, 0.25) is 0 Å². The van der Waals surface area contributed by atoms with Gasteiger partial charge in [0.1, 0.15) is 4.32 Å². The minimum atomic E-state index is -0.0904. The lowest BCUT2D eigenvalue weighted by Gasteiger charge is -2.14. The summed E-state index contributed by atoms with van der Waals surface area (Å²) < 4.78 is 0.542. The van der Waals surface area contributed by atoms with Crippen molar-refractivity contribution in [1.82, 2.24) is 4.90 Å². The first kappa shape index (κ1) is 18.4. The number of amides is 2. The van der Waals surface area contributed by atoms with E-state index in [9.17, 15) is 9.59 Å². The quantitative estimate of drug-likeness (QED) is 0.598. The van der Waals surface area contributed by atoms with E-state index in [4.69, 9.17) is 12.2 Å². The Morgan fingerprint density at radius 3 is 2.42 bits per heavy atom. The van der Waals surface area contributed by atoms with Crippen LogP contribution in [0.3, 0.4) is 0 Å². The predicted octanol–water partition coefficient (Wildman–Crippen LogP) is 4.31. The maximum atomic E-state index is 12.5. The minimum Gasteiger partial charge on any atom is -0.326 e. The van der Waals surface area contributed by atoms with Crippen LogP contribution in [0.4, 0.5) is 5.69 Å². The Labute approximate surface area is 162 Å². The second kappa shape index (κ2) is 8.78. The molecule has 1 heterocycles. The van der Waals surface area contributed by atoms with E-state index >= 15 is 0 Å². The molecule has 0 bridgehead atoms. The number of para-hydroxylation sites is 1. The van der Waals surface area contributed by atoms with Gasteiger partial charge in [-0.25, -0.2) is 0 Å². The molecule has 2 aromatic rings. The SMILES string of the molecule is O=C(CCCN1C(=O)C(=Cc2ccccc2)SC1=S)Nc1ccccc1. The molecule has 0 aliphatic carbocycles. The number of thiocarbonyl (C=S) groups is 1. The number of hydrogen-bond donors (Lipinski definition) is 1. The molecule has 1 N–H and O–H groups in total. The Bertz CT molecular complexity index is 835. The fraction of sp³-hybridized carbons (Fsp3) is 0.150. The molecule has 2 amide bonds. The van der Waals surface area contributed by atoms with Crippen molar-refractivity contribution >= 4 is 51.9 Å². The van der Waals surface area contributed by atoms with Gasteiger partial charge in [-0.1, -0.05) is 72.5 Å². The first-order valence-corrected chi connectivity index (χ1v) is 9.51. The van der Waals surface area contributed by atoms with Gasteiger partial charge in [0.05, 0.1) is 4.91 Å². The summed E-state index contributed by atoms with van der Waals surface area (Å²) in [5.74, 6) is -0.159. The van der Waals surface area contributed by atoms with Crippen LogP contribution in [0.5, 0.6) is 0 Å². The Balaban J connectivity index is 1.52. The highest BCUT2D eigenvalue weighted by molar-refractivity contribution is 8.26. The average Bonchev–Trinajstić information content (AvgIpc) is 2.91. The van der Waals surface area contributed by atoms with Gasteiger partial charge in [0.25, 0.3) is 5.91 Å². The molecule has 0 unspecified atom stereocenters. The molecule has 6 heteroatoms. The van der Waals surface area contributed by atoms with Crippen LogP contribution in [-0.2, 0) is 9.59 Å². The molecule has 0 spiro atoms. The number of benzene rings is 2. The maximum Gasteiger partial charge on any atom is 0.266 e. The van der Waals surface area contributed by atoms with Crippen molar-refractivity contribution in [2.24, 2.45) is 0 Å². The molecule has 4 nitrogen and oxygen atoms in total. The molecule has 1 saturated heterocycles. The number of carbonyl (C=O) groups excluding carboxylic acids is 2. The fourth-order valence-corrected chi connectivity index (χ4v) is 3.84. The van der Waals surface area contributed by atoms with Gasteiger partial charge in [0.2, 0.25) is 5.91 Å². The first-order chi connectivity index (χ1) is 12.6. The van der Waals surface area contributed by atoms with Gasteiger partial charge in [0, 0.05) is 18.7 Å². The van der Waals surface area contributed by atoms with Gasteiger partial charge in [0.15, 0.2) is 0 Å². The minimum absolute atomic E-state index is 0.0681. The molecular weight excluding hydrogens is 364 g/mol. The van der Waals surface area contributed by atoms with Crippen molar-refractivity contribution in [2.45, 2.75) is 12.8 Å². The molecule has 1 aliphatic heterocycles. The molecule has 1 aliphatic rings. The zero-order chi connectivity index (χ0) is 18.4. The molecule has 132 valence electrons. The maximum absolute atomic E-state index is 12.5. The average molecular weight is 383 g/mol. The van der Waals surface area contributed by atoms with Crippen LogP contribution in [0, 0.1) is 0 Å². The number of carbonyl (C=O) groups is 2. The van der Waals surface area contributed by atoms with Crippen LogP contribution in [0.15, 0.2) is 65.6 Å². The Morgan fingerprint density at radius 1 is 1.08 bits per heavy atom. The molecular formula is C20H18N2O2S2. The van der Waals surface area contributed by atoms with Crippen LogP contribution in [-0.4, -0.2) is 27.6 Å². The number of nitrogens with zero attached hydrogens (tertiary/aromatic N) is 1. The molecule has 3 rings (SSSR count). The van der Waals surface area contributed by atoms with Gasteiger partial charge >= 0.3 is 0 Å². The smallest absolute Gasteiger partial charge is 0.266 e. The highest BCUT2D eigenvalue weighted by Gasteiger charge is 2.31. The third-order valence-corrected chi connectivity index (χ3v) is 5.19. The van der Waals surface area contributed by atoms with Crippen molar-refractivity contribution in [3.8, 4) is 0 Å². The lowest BCUT2D eigenvalue weighted by atomic mass is 10.2. The van der Waals surface area contributed by atoms with Gasteiger partial charge in [-0.3, -0.25) is 14.5 Å². The van der Waals surface area contributed by atoms with Gasteiger partial charge in [-0.2, -0.15) is 0 Å². The second-order valence-electron chi connectivity index (χ2n) is 5.76. The third kappa shape index (κ3) is 4.80. The largest absolute Gasteiger partial charge is 0.326 e. The van der Waals surface area contributed by atoms with Gasteiger partial charge < -0.3 is 5.32 Å². The number of rotatable bonds is 6. The monoisotopic (exact) mass is 382 g/mol. The fourth-order valence-electron chi connectivity index (χ4n) is 2.54. The Morgan fingerprint density at radius 2 is 1.73 bits per heavy atom. The highest BCUT2D eigenvalue weighted by Crippen LogP contribution is 2.32. The van der Waals surface area contributed by atoms with E-state index in [0.29, 0.717) is 28.6 Å². The summed E-state index contributed by atoms with van der Waals surface area (Å²) in [5.41, 5.74) is 1.74. The summed E-state index contributed by atoms with van der Waals surface area (Å²) in [6.45, 7) is 0.443. The normalized spacial score (nSPS) is 15.5. The molecule has 0 atom stereocenters. The van der Waals surface area contributed by atoms with Crippen LogP contribution < -0.4 is 5.32 Å². The van der Waals surface area contributed by atoms with Crippen LogP contribution in [0.25, 0.3) is 6.08 Å². The van der Waals surface area contributed by atoms with E-state index in [1.54, 1.807) is 4.90 Å². The summed E-state index contributed by atoms with van der Waals surface area (Å²) in [6.07, 6.45) is 2.74. The molecule has 1 fully saturated rings. The Kier molecular flexibility index (Phi) is 6.20. The van der Waals surface area contributed by atoms with E-state index < -0.39 is 0 Å². The molecule has 2 aromatic carbocycles. The van der Waals surface area contributed by atoms with Crippen LogP contribution in [0.1, 0.15) is 18.4 Å². The number of thioether (sulfide) groups is 1. The van der Waals surface area contributed by atoms with E-state index in [1.165, 1.54) is 11.8 Å². The summed E-state index contributed by atoms with van der Waals surface area (Å²) >= 11 is 6.63. The topological polar surface area (TPSA) is 49.4 Å². The summed E-state index contributed by atoms with van der Waals surface area (Å²) in [5, 5.41) is 2.84.